The maximum Gasteiger partial charge on any atom is 0.139 e. The van der Waals surface area contributed by atoms with Crippen LogP contribution in [0.5, 0.6) is 5.75 Å². The lowest BCUT2D eigenvalue weighted by molar-refractivity contribution is 0.301. The number of hydrogen-bond acceptors (Lipinski definition) is 2. The summed E-state index contributed by atoms with van der Waals surface area (Å²) in [4.78, 5) is 4.13. The summed E-state index contributed by atoms with van der Waals surface area (Å²) in [6.45, 7) is 0.330. The van der Waals surface area contributed by atoms with Gasteiger partial charge in [0.1, 0.15) is 17.5 Å². The highest BCUT2D eigenvalue weighted by Crippen LogP contribution is 2.28. The lowest BCUT2D eigenvalue weighted by Crippen LogP contribution is -1.98. The molecule has 0 N–H and O–H groups in total. The Morgan fingerprint density at radius 3 is 2.76 bits per heavy atom. The van der Waals surface area contributed by atoms with E-state index in [1.165, 1.54) is 0 Å². The van der Waals surface area contributed by atoms with Crippen LogP contribution in [0, 0.1) is 0 Å². The highest BCUT2D eigenvalue weighted by molar-refractivity contribution is 9.10. The molecule has 5 heteroatoms. The van der Waals surface area contributed by atoms with Gasteiger partial charge in [0.25, 0.3) is 0 Å². The number of halogens is 3. The first-order valence-corrected chi connectivity index (χ1v) is 6.39. The van der Waals surface area contributed by atoms with Crippen molar-refractivity contribution in [2.45, 2.75) is 6.61 Å². The third kappa shape index (κ3) is 3.60. The van der Waals surface area contributed by atoms with Crippen LogP contribution < -0.4 is 4.74 Å². The fraction of sp³-hybridized carbons (Fsp3) is 0.0833. The summed E-state index contributed by atoms with van der Waals surface area (Å²) in [5, 5.41) is 1.02. The van der Waals surface area contributed by atoms with E-state index >= 15 is 0 Å². The first-order chi connectivity index (χ1) is 8.15. The van der Waals surface area contributed by atoms with E-state index in [0.717, 1.165) is 10.2 Å². The second kappa shape index (κ2) is 5.71. The van der Waals surface area contributed by atoms with Gasteiger partial charge in [-0.05, 0) is 30.3 Å². The zero-order valence-corrected chi connectivity index (χ0v) is 11.8. The van der Waals surface area contributed by atoms with E-state index in [1.54, 1.807) is 12.1 Å². The Balaban J connectivity index is 2.09. The second-order valence-electron chi connectivity index (χ2n) is 3.32. The van der Waals surface area contributed by atoms with Crippen molar-refractivity contribution >= 4 is 39.1 Å². The highest BCUT2D eigenvalue weighted by Gasteiger charge is 2.03. The van der Waals surface area contributed by atoms with E-state index in [1.807, 2.05) is 24.3 Å². The van der Waals surface area contributed by atoms with Gasteiger partial charge in [-0.3, -0.25) is 0 Å². The smallest absolute Gasteiger partial charge is 0.139 e. The average Bonchev–Trinajstić information content (AvgIpc) is 2.30. The normalized spacial score (nSPS) is 10.3. The molecule has 0 radical (unpaired) electrons. The minimum atomic E-state index is 0.330. The topological polar surface area (TPSA) is 22.1 Å². The van der Waals surface area contributed by atoms with Crippen molar-refractivity contribution in [3.8, 4) is 5.75 Å². The molecule has 0 aliphatic rings. The first kappa shape index (κ1) is 12.7. The molecule has 17 heavy (non-hydrogen) atoms. The maximum absolute atomic E-state index is 6.00. The minimum Gasteiger partial charge on any atom is -0.486 e. The van der Waals surface area contributed by atoms with Crippen LogP contribution in [-0.2, 0) is 6.61 Å². The van der Waals surface area contributed by atoms with Gasteiger partial charge < -0.3 is 4.74 Å². The van der Waals surface area contributed by atoms with Crippen LogP contribution >= 0.6 is 39.1 Å². The van der Waals surface area contributed by atoms with Crippen LogP contribution in [0.4, 0.5) is 0 Å². The van der Waals surface area contributed by atoms with E-state index in [2.05, 4.69) is 20.9 Å². The summed E-state index contributed by atoms with van der Waals surface area (Å²) < 4.78 is 6.49. The minimum absolute atomic E-state index is 0.330. The number of benzene rings is 1. The van der Waals surface area contributed by atoms with Gasteiger partial charge >= 0.3 is 0 Å². The summed E-state index contributed by atoms with van der Waals surface area (Å²) in [6, 6.07) is 10.8. The number of hydrogen-bond donors (Lipinski definition) is 0. The Morgan fingerprint density at radius 1 is 1.18 bits per heavy atom. The van der Waals surface area contributed by atoms with Gasteiger partial charge in [-0.2, -0.15) is 0 Å². The molecule has 0 aliphatic carbocycles. The fourth-order valence-corrected chi connectivity index (χ4v) is 1.96. The molecule has 0 saturated heterocycles. The Morgan fingerprint density at radius 2 is 2.00 bits per heavy atom. The Kier molecular flexibility index (Phi) is 4.26. The molecule has 88 valence electrons. The van der Waals surface area contributed by atoms with E-state index in [4.69, 9.17) is 27.9 Å². The number of ether oxygens (including phenoxy) is 1. The van der Waals surface area contributed by atoms with Crippen LogP contribution in [0.2, 0.25) is 10.2 Å². The molecule has 0 aliphatic heterocycles. The van der Waals surface area contributed by atoms with E-state index in [0.29, 0.717) is 22.5 Å². The zero-order chi connectivity index (χ0) is 12.3. The molecule has 0 saturated carbocycles. The SMILES string of the molecule is Clc1cccc(COc2cc(Br)ccc2Cl)n1. The maximum atomic E-state index is 6.00. The Bertz CT molecular complexity index is 534. The summed E-state index contributed by atoms with van der Waals surface area (Å²) in [5.74, 6) is 0.614. The van der Waals surface area contributed by atoms with Crippen LogP contribution in [0.3, 0.4) is 0 Å². The predicted molar refractivity (Wildman–Crippen MR) is 72.7 cm³/mol. The van der Waals surface area contributed by atoms with Gasteiger partial charge in [0.05, 0.1) is 10.7 Å². The van der Waals surface area contributed by atoms with E-state index in [-0.39, 0.29) is 0 Å². The molecule has 2 nitrogen and oxygen atoms in total. The molecule has 1 heterocycles. The zero-order valence-electron chi connectivity index (χ0n) is 8.66. The van der Waals surface area contributed by atoms with E-state index < -0.39 is 0 Å². The molecule has 1 aromatic heterocycles. The molecule has 0 spiro atoms. The van der Waals surface area contributed by atoms with Crippen molar-refractivity contribution in [2.75, 3.05) is 0 Å². The fourth-order valence-electron chi connectivity index (χ4n) is 1.27. The predicted octanol–water partition coefficient (Wildman–Crippen LogP) is 4.73. The third-order valence-corrected chi connectivity index (χ3v) is 3.06. The van der Waals surface area contributed by atoms with Gasteiger partial charge in [-0.15, -0.1) is 0 Å². The Labute approximate surface area is 118 Å². The monoisotopic (exact) mass is 331 g/mol. The standard InChI is InChI=1S/C12H8BrCl2NO/c13-8-4-5-10(14)11(6-8)17-7-9-2-1-3-12(15)16-9/h1-6H,7H2. The highest BCUT2D eigenvalue weighted by atomic mass is 79.9. The molecular weight excluding hydrogens is 325 g/mol. The van der Waals surface area contributed by atoms with Crippen molar-refractivity contribution in [3.63, 3.8) is 0 Å². The average molecular weight is 333 g/mol. The van der Waals surface area contributed by atoms with Crippen molar-refractivity contribution in [1.82, 2.24) is 4.98 Å². The molecule has 0 atom stereocenters. The van der Waals surface area contributed by atoms with Crippen molar-refractivity contribution in [1.29, 1.82) is 0 Å². The van der Waals surface area contributed by atoms with Gasteiger partial charge in [0.2, 0.25) is 0 Å². The first-order valence-electron chi connectivity index (χ1n) is 4.84. The van der Waals surface area contributed by atoms with Crippen molar-refractivity contribution in [3.05, 3.63) is 56.7 Å². The molecule has 2 aromatic rings. The lowest BCUT2D eigenvalue weighted by Gasteiger charge is -2.08. The number of aromatic nitrogens is 1. The molecule has 2 rings (SSSR count). The molecule has 0 bridgehead atoms. The van der Waals surface area contributed by atoms with Crippen molar-refractivity contribution < 1.29 is 4.74 Å². The second-order valence-corrected chi connectivity index (χ2v) is 5.03. The van der Waals surface area contributed by atoms with Gasteiger partial charge in [0.15, 0.2) is 0 Å². The quantitative estimate of drug-likeness (QED) is 0.758. The summed E-state index contributed by atoms with van der Waals surface area (Å²) >= 11 is 15.1. The van der Waals surface area contributed by atoms with Gasteiger partial charge in [-0.1, -0.05) is 45.2 Å². The molecule has 0 fully saturated rings. The van der Waals surface area contributed by atoms with E-state index in [9.17, 15) is 0 Å². The van der Waals surface area contributed by atoms with Gasteiger partial charge in [-0.25, -0.2) is 4.98 Å². The Hall–Kier alpha value is -0.770. The van der Waals surface area contributed by atoms with Crippen LogP contribution in [0.15, 0.2) is 40.9 Å². The largest absolute Gasteiger partial charge is 0.486 e. The van der Waals surface area contributed by atoms with Crippen LogP contribution in [-0.4, -0.2) is 4.98 Å². The molecule has 0 unspecified atom stereocenters. The van der Waals surface area contributed by atoms with Crippen LogP contribution in [0.25, 0.3) is 0 Å². The number of pyridine rings is 1. The molecular formula is C12H8BrCl2NO. The van der Waals surface area contributed by atoms with Crippen LogP contribution in [0.1, 0.15) is 5.69 Å². The number of rotatable bonds is 3. The lowest BCUT2D eigenvalue weighted by atomic mass is 10.3. The number of nitrogens with zero attached hydrogens (tertiary/aromatic N) is 1. The summed E-state index contributed by atoms with van der Waals surface area (Å²) in [6.07, 6.45) is 0. The van der Waals surface area contributed by atoms with Gasteiger partial charge in [0, 0.05) is 4.47 Å². The third-order valence-electron chi connectivity index (χ3n) is 2.04. The summed E-state index contributed by atoms with van der Waals surface area (Å²) in [5.41, 5.74) is 0.758. The molecule has 0 amide bonds. The summed E-state index contributed by atoms with van der Waals surface area (Å²) in [7, 11) is 0. The van der Waals surface area contributed by atoms with Crippen molar-refractivity contribution in [2.24, 2.45) is 0 Å². The molecule has 1 aromatic carbocycles.